The topological polar surface area (TPSA) is 73.8 Å². The zero-order valence-electron chi connectivity index (χ0n) is 9.47. The Bertz CT molecular complexity index is 332. The highest BCUT2D eigenvalue weighted by atomic mass is 16.1. The molecule has 0 bridgehead atoms. The highest BCUT2D eigenvalue weighted by Crippen LogP contribution is 2.10. The average molecular weight is 210 g/mol. The lowest BCUT2D eigenvalue weighted by molar-refractivity contribution is 0.0906. The maximum absolute atomic E-state index is 12.0. The van der Waals surface area contributed by atoms with Gasteiger partial charge < -0.3 is 5.73 Å². The predicted molar refractivity (Wildman–Crippen MR) is 57.5 cm³/mol. The van der Waals surface area contributed by atoms with Crippen molar-refractivity contribution >= 4 is 5.78 Å². The van der Waals surface area contributed by atoms with Crippen LogP contribution in [0.15, 0.2) is 6.20 Å². The van der Waals surface area contributed by atoms with E-state index in [1.165, 1.54) is 6.20 Å². The highest BCUT2D eigenvalue weighted by molar-refractivity contribution is 5.96. The van der Waals surface area contributed by atoms with Gasteiger partial charge in [0, 0.05) is 18.5 Å². The number of rotatable bonds is 5. The third kappa shape index (κ3) is 2.62. The van der Waals surface area contributed by atoms with Crippen molar-refractivity contribution in [2.45, 2.75) is 39.8 Å². The van der Waals surface area contributed by atoms with Gasteiger partial charge in [-0.25, -0.2) is 4.68 Å². The summed E-state index contributed by atoms with van der Waals surface area (Å²) in [6, 6.07) is -0.150. The van der Waals surface area contributed by atoms with E-state index < -0.39 is 0 Å². The largest absolute Gasteiger partial charge is 0.327 e. The molecule has 2 unspecified atom stereocenters. The number of hydrogen-bond acceptors (Lipinski definition) is 4. The van der Waals surface area contributed by atoms with Crippen molar-refractivity contribution in [1.29, 1.82) is 0 Å². The quantitative estimate of drug-likeness (QED) is 0.731. The van der Waals surface area contributed by atoms with Gasteiger partial charge in [-0.15, -0.1) is 5.10 Å². The number of aromatic nitrogens is 3. The molecule has 5 heteroatoms. The van der Waals surface area contributed by atoms with Gasteiger partial charge in [0.2, 0.25) is 0 Å². The number of Topliss-reactive ketones (excluding diaryl/α,β-unsaturated/α-hetero) is 1. The molecule has 0 aliphatic rings. The van der Waals surface area contributed by atoms with Crippen LogP contribution in [0.2, 0.25) is 0 Å². The maximum atomic E-state index is 12.0. The molecule has 0 aliphatic heterocycles. The van der Waals surface area contributed by atoms with E-state index in [1.54, 1.807) is 4.68 Å². The Balaban J connectivity index is 2.86. The van der Waals surface area contributed by atoms with E-state index in [0.29, 0.717) is 12.2 Å². The molecule has 2 N–H and O–H groups in total. The molecule has 15 heavy (non-hydrogen) atoms. The van der Waals surface area contributed by atoms with Gasteiger partial charge in [-0.3, -0.25) is 4.79 Å². The third-order valence-corrected chi connectivity index (χ3v) is 2.51. The van der Waals surface area contributed by atoms with Crippen LogP contribution in [-0.2, 0) is 6.54 Å². The third-order valence-electron chi connectivity index (χ3n) is 2.51. The summed E-state index contributed by atoms with van der Waals surface area (Å²) >= 11 is 0. The van der Waals surface area contributed by atoms with Crippen molar-refractivity contribution in [3.63, 3.8) is 0 Å². The zero-order valence-corrected chi connectivity index (χ0v) is 9.47. The number of carbonyl (C=O) groups excluding carboxylic acids is 1. The molecule has 1 heterocycles. The van der Waals surface area contributed by atoms with Crippen LogP contribution in [0.4, 0.5) is 0 Å². The fourth-order valence-corrected chi connectivity index (χ4v) is 1.30. The van der Waals surface area contributed by atoms with Gasteiger partial charge >= 0.3 is 0 Å². The molecule has 1 aromatic rings. The van der Waals surface area contributed by atoms with Crippen molar-refractivity contribution in [3.05, 3.63) is 11.9 Å². The molecule has 0 aromatic carbocycles. The second-order valence-corrected chi connectivity index (χ2v) is 3.85. The van der Waals surface area contributed by atoms with Crippen LogP contribution >= 0.6 is 0 Å². The summed E-state index contributed by atoms with van der Waals surface area (Å²) in [6.45, 7) is 6.41. The molecule has 84 valence electrons. The number of ketones is 1. The van der Waals surface area contributed by atoms with E-state index in [4.69, 9.17) is 5.73 Å². The first-order valence-electron chi connectivity index (χ1n) is 5.26. The molecule has 0 spiro atoms. The van der Waals surface area contributed by atoms with Gasteiger partial charge in [-0.1, -0.05) is 19.1 Å². The molecule has 2 atom stereocenters. The van der Waals surface area contributed by atoms with Crippen LogP contribution in [0, 0.1) is 5.92 Å². The van der Waals surface area contributed by atoms with Crippen molar-refractivity contribution < 1.29 is 4.79 Å². The Kier molecular flexibility index (Phi) is 3.96. The van der Waals surface area contributed by atoms with Crippen molar-refractivity contribution in [2.24, 2.45) is 11.7 Å². The lowest BCUT2D eigenvalue weighted by Gasteiger charge is -2.14. The molecular formula is C10H18N4O. The smallest absolute Gasteiger partial charge is 0.186 e. The first-order chi connectivity index (χ1) is 7.07. The first-order valence-corrected chi connectivity index (χ1v) is 5.26. The Labute approximate surface area is 89.6 Å². The minimum absolute atomic E-state index is 0.0171. The van der Waals surface area contributed by atoms with Gasteiger partial charge in [0.1, 0.15) is 5.69 Å². The second-order valence-electron chi connectivity index (χ2n) is 3.85. The molecule has 0 aliphatic carbocycles. The second kappa shape index (κ2) is 5.02. The van der Waals surface area contributed by atoms with E-state index in [9.17, 15) is 4.79 Å². The van der Waals surface area contributed by atoms with Crippen LogP contribution in [0.3, 0.4) is 0 Å². The number of nitrogens with zero attached hydrogens (tertiary/aromatic N) is 3. The maximum Gasteiger partial charge on any atom is 0.186 e. The standard InChI is InChI=1S/C10H18N4O/c1-4-5-14-9(6-12-13-14)10(15)7(2)8(3)11/h6-8H,4-5,11H2,1-3H3. The Morgan fingerprint density at radius 3 is 2.80 bits per heavy atom. The first kappa shape index (κ1) is 11.8. The lowest BCUT2D eigenvalue weighted by Crippen LogP contribution is -2.31. The van der Waals surface area contributed by atoms with E-state index in [-0.39, 0.29) is 17.7 Å². The molecule has 0 amide bonds. The molecule has 0 radical (unpaired) electrons. The van der Waals surface area contributed by atoms with Gasteiger partial charge in [-0.05, 0) is 13.3 Å². The molecule has 0 fully saturated rings. The summed E-state index contributed by atoms with van der Waals surface area (Å²) in [5.41, 5.74) is 6.25. The average Bonchev–Trinajstić information content (AvgIpc) is 2.64. The highest BCUT2D eigenvalue weighted by Gasteiger charge is 2.22. The Morgan fingerprint density at radius 1 is 1.60 bits per heavy atom. The van der Waals surface area contributed by atoms with E-state index in [1.807, 2.05) is 20.8 Å². The number of hydrogen-bond donors (Lipinski definition) is 1. The minimum Gasteiger partial charge on any atom is -0.327 e. The van der Waals surface area contributed by atoms with E-state index in [0.717, 1.165) is 6.42 Å². The fraction of sp³-hybridized carbons (Fsp3) is 0.700. The van der Waals surface area contributed by atoms with E-state index in [2.05, 4.69) is 10.3 Å². The fourth-order valence-electron chi connectivity index (χ4n) is 1.30. The van der Waals surface area contributed by atoms with Crippen molar-refractivity contribution in [3.8, 4) is 0 Å². The monoisotopic (exact) mass is 210 g/mol. The summed E-state index contributed by atoms with van der Waals surface area (Å²) in [4.78, 5) is 12.0. The van der Waals surface area contributed by atoms with Gasteiger partial charge in [0.15, 0.2) is 5.78 Å². The SMILES string of the molecule is CCCn1nncc1C(=O)C(C)C(C)N. The molecule has 1 rings (SSSR count). The van der Waals surface area contributed by atoms with Crippen LogP contribution in [-0.4, -0.2) is 26.8 Å². The Hall–Kier alpha value is -1.23. The van der Waals surface area contributed by atoms with Gasteiger partial charge in [0.05, 0.1) is 6.20 Å². The molecule has 5 nitrogen and oxygen atoms in total. The van der Waals surface area contributed by atoms with E-state index >= 15 is 0 Å². The summed E-state index contributed by atoms with van der Waals surface area (Å²) in [6.07, 6.45) is 2.44. The van der Waals surface area contributed by atoms with Crippen LogP contribution < -0.4 is 5.73 Å². The van der Waals surface area contributed by atoms with Gasteiger partial charge in [0.25, 0.3) is 0 Å². The molecule has 0 saturated heterocycles. The van der Waals surface area contributed by atoms with Crippen LogP contribution in [0.25, 0.3) is 0 Å². The number of nitrogens with two attached hydrogens (primary N) is 1. The minimum atomic E-state index is -0.195. The zero-order chi connectivity index (χ0) is 11.4. The summed E-state index contributed by atoms with van der Waals surface area (Å²) in [5, 5.41) is 7.63. The summed E-state index contributed by atoms with van der Waals surface area (Å²) in [7, 11) is 0. The number of aryl methyl sites for hydroxylation is 1. The number of carbonyl (C=O) groups is 1. The molecular weight excluding hydrogens is 192 g/mol. The lowest BCUT2D eigenvalue weighted by atomic mass is 9.97. The van der Waals surface area contributed by atoms with Crippen LogP contribution in [0.1, 0.15) is 37.7 Å². The molecule has 1 aromatic heterocycles. The Morgan fingerprint density at radius 2 is 2.27 bits per heavy atom. The summed E-state index contributed by atoms with van der Waals surface area (Å²) < 4.78 is 1.64. The van der Waals surface area contributed by atoms with Crippen molar-refractivity contribution in [2.75, 3.05) is 0 Å². The van der Waals surface area contributed by atoms with Gasteiger partial charge in [-0.2, -0.15) is 0 Å². The normalized spacial score (nSPS) is 14.9. The molecule has 0 saturated carbocycles. The predicted octanol–water partition coefficient (Wildman–Crippen LogP) is 0.854. The summed E-state index contributed by atoms with van der Waals surface area (Å²) in [5.74, 6) is -0.178. The van der Waals surface area contributed by atoms with Crippen molar-refractivity contribution in [1.82, 2.24) is 15.0 Å². The van der Waals surface area contributed by atoms with Crippen LogP contribution in [0.5, 0.6) is 0 Å².